The first kappa shape index (κ1) is 14.7. The smallest absolute Gasteiger partial charge is 0.159 e. The van der Waals surface area contributed by atoms with E-state index in [0.717, 1.165) is 5.56 Å². The minimum Gasteiger partial charge on any atom is -0.295 e. The van der Waals surface area contributed by atoms with E-state index in [2.05, 4.69) is 48.5 Å². The van der Waals surface area contributed by atoms with Gasteiger partial charge in [0.05, 0.1) is 0 Å². The van der Waals surface area contributed by atoms with Gasteiger partial charge in [0.2, 0.25) is 0 Å². The SMILES string of the molecule is CC(=O)c1ccccc1.c1ccc(-c2ccccc2)cc1. The predicted octanol–water partition coefficient (Wildman–Crippen LogP) is 5.24. The summed E-state index contributed by atoms with van der Waals surface area (Å²) in [4.78, 5) is 10.6. The van der Waals surface area contributed by atoms with Crippen LogP contribution in [0.15, 0.2) is 91.0 Å². The molecule has 0 unspecified atom stereocenters. The monoisotopic (exact) mass is 274 g/mol. The molecule has 0 saturated heterocycles. The van der Waals surface area contributed by atoms with Crippen LogP contribution in [0.2, 0.25) is 0 Å². The molecule has 3 rings (SSSR count). The van der Waals surface area contributed by atoms with E-state index in [1.807, 2.05) is 42.5 Å². The summed E-state index contributed by atoms with van der Waals surface area (Å²) in [6.45, 7) is 1.56. The van der Waals surface area contributed by atoms with E-state index in [4.69, 9.17) is 0 Å². The molecule has 0 N–H and O–H groups in total. The number of ketones is 1. The summed E-state index contributed by atoms with van der Waals surface area (Å²) in [6, 6.07) is 30.0. The molecule has 0 spiro atoms. The lowest BCUT2D eigenvalue weighted by molar-refractivity contribution is 0.101. The molecular formula is C20H18O. The van der Waals surface area contributed by atoms with E-state index in [9.17, 15) is 4.79 Å². The molecule has 0 saturated carbocycles. The van der Waals surface area contributed by atoms with Crippen LogP contribution in [0, 0.1) is 0 Å². The molecule has 0 aliphatic rings. The Morgan fingerprint density at radius 2 is 0.905 bits per heavy atom. The van der Waals surface area contributed by atoms with Crippen LogP contribution >= 0.6 is 0 Å². The molecule has 0 aliphatic heterocycles. The van der Waals surface area contributed by atoms with Crippen LogP contribution in [0.4, 0.5) is 0 Å². The first-order valence-corrected chi connectivity index (χ1v) is 6.94. The zero-order valence-corrected chi connectivity index (χ0v) is 12.1. The Kier molecular flexibility index (Phi) is 5.48. The van der Waals surface area contributed by atoms with E-state index in [1.54, 1.807) is 6.92 Å². The average molecular weight is 274 g/mol. The maximum Gasteiger partial charge on any atom is 0.159 e. The second kappa shape index (κ2) is 7.81. The quantitative estimate of drug-likeness (QED) is 0.584. The topological polar surface area (TPSA) is 17.1 Å². The van der Waals surface area contributed by atoms with E-state index < -0.39 is 0 Å². The van der Waals surface area contributed by atoms with E-state index in [1.165, 1.54) is 11.1 Å². The molecule has 0 aromatic heterocycles. The van der Waals surface area contributed by atoms with Gasteiger partial charge in [0.1, 0.15) is 0 Å². The van der Waals surface area contributed by atoms with Gasteiger partial charge in [-0.3, -0.25) is 4.79 Å². The number of hydrogen-bond acceptors (Lipinski definition) is 1. The summed E-state index contributed by atoms with van der Waals surface area (Å²) >= 11 is 0. The number of rotatable bonds is 2. The van der Waals surface area contributed by atoms with Gasteiger partial charge < -0.3 is 0 Å². The van der Waals surface area contributed by atoms with Gasteiger partial charge in [-0.2, -0.15) is 0 Å². The van der Waals surface area contributed by atoms with E-state index >= 15 is 0 Å². The molecule has 104 valence electrons. The van der Waals surface area contributed by atoms with Crippen molar-refractivity contribution in [2.45, 2.75) is 6.92 Å². The minimum atomic E-state index is 0.121. The number of carbonyl (C=O) groups is 1. The summed E-state index contributed by atoms with van der Waals surface area (Å²) < 4.78 is 0. The van der Waals surface area contributed by atoms with Crippen molar-refractivity contribution in [2.75, 3.05) is 0 Å². The van der Waals surface area contributed by atoms with Gasteiger partial charge in [-0.1, -0.05) is 91.0 Å². The molecule has 21 heavy (non-hydrogen) atoms. The standard InChI is InChI=1S/C12H10.C8H8O/c1-3-7-11(8-4-1)12-9-5-2-6-10-12;1-7(9)8-5-3-2-4-6-8/h1-10H;2-6H,1H3. The number of hydrogen-bond donors (Lipinski definition) is 0. The van der Waals surface area contributed by atoms with Crippen molar-refractivity contribution >= 4 is 5.78 Å². The third kappa shape index (κ3) is 4.73. The zero-order chi connectivity index (χ0) is 14.9. The van der Waals surface area contributed by atoms with Gasteiger partial charge in [-0.05, 0) is 18.1 Å². The maximum absolute atomic E-state index is 10.6. The fourth-order valence-corrected chi connectivity index (χ4v) is 1.93. The van der Waals surface area contributed by atoms with Crippen molar-refractivity contribution in [1.82, 2.24) is 0 Å². The van der Waals surface area contributed by atoms with Crippen molar-refractivity contribution in [3.63, 3.8) is 0 Å². The van der Waals surface area contributed by atoms with Gasteiger partial charge in [-0.25, -0.2) is 0 Å². The van der Waals surface area contributed by atoms with Crippen LogP contribution in [0.1, 0.15) is 17.3 Å². The molecule has 3 aromatic carbocycles. The fraction of sp³-hybridized carbons (Fsp3) is 0.0500. The normalized spacial score (nSPS) is 9.38. The van der Waals surface area contributed by atoms with Crippen LogP contribution in [0.25, 0.3) is 11.1 Å². The highest BCUT2D eigenvalue weighted by Gasteiger charge is 1.93. The molecule has 0 heterocycles. The lowest BCUT2D eigenvalue weighted by Crippen LogP contribution is -1.88. The lowest BCUT2D eigenvalue weighted by atomic mass is 10.1. The van der Waals surface area contributed by atoms with Crippen molar-refractivity contribution < 1.29 is 4.79 Å². The molecule has 0 amide bonds. The lowest BCUT2D eigenvalue weighted by Gasteiger charge is -1.98. The fourth-order valence-electron chi connectivity index (χ4n) is 1.93. The van der Waals surface area contributed by atoms with Crippen LogP contribution in [0.3, 0.4) is 0 Å². The Bertz CT molecular complexity index is 620. The highest BCUT2D eigenvalue weighted by molar-refractivity contribution is 5.93. The second-order valence-electron chi connectivity index (χ2n) is 4.65. The molecule has 1 nitrogen and oxygen atoms in total. The molecular weight excluding hydrogens is 256 g/mol. The molecule has 3 aromatic rings. The summed E-state index contributed by atoms with van der Waals surface area (Å²) in [7, 11) is 0. The van der Waals surface area contributed by atoms with Crippen molar-refractivity contribution in [3.05, 3.63) is 96.6 Å². The Hall–Kier alpha value is -2.67. The van der Waals surface area contributed by atoms with Gasteiger partial charge in [0.25, 0.3) is 0 Å². The summed E-state index contributed by atoms with van der Waals surface area (Å²) in [5.74, 6) is 0.121. The highest BCUT2D eigenvalue weighted by atomic mass is 16.1. The molecule has 0 fully saturated rings. The zero-order valence-electron chi connectivity index (χ0n) is 12.1. The first-order valence-electron chi connectivity index (χ1n) is 6.94. The van der Waals surface area contributed by atoms with Gasteiger partial charge >= 0.3 is 0 Å². The average Bonchev–Trinajstić information content (AvgIpc) is 2.58. The van der Waals surface area contributed by atoms with Crippen molar-refractivity contribution in [3.8, 4) is 11.1 Å². The molecule has 0 bridgehead atoms. The molecule has 0 atom stereocenters. The number of benzene rings is 3. The highest BCUT2D eigenvalue weighted by Crippen LogP contribution is 2.17. The van der Waals surface area contributed by atoms with Crippen LogP contribution in [-0.4, -0.2) is 5.78 Å². The molecule has 1 heteroatoms. The summed E-state index contributed by atoms with van der Waals surface area (Å²) in [5, 5.41) is 0. The molecule has 0 aliphatic carbocycles. The van der Waals surface area contributed by atoms with Gasteiger partial charge in [0.15, 0.2) is 5.78 Å². The molecule has 0 radical (unpaired) electrons. The Labute approximate surface area is 125 Å². The Morgan fingerprint density at radius 1 is 0.571 bits per heavy atom. The van der Waals surface area contributed by atoms with E-state index in [-0.39, 0.29) is 5.78 Å². The van der Waals surface area contributed by atoms with E-state index in [0.29, 0.717) is 0 Å². The van der Waals surface area contributed by atoms with Crippen molar-refractivity contribution in [1.29, 1.82) is 0 Å². The first-order chi connectivity index (χ1) is 10.3. The van der Waals surface area contributed by atoms with Crippen molar-refractivity contribution in [2.24, 2.45) is 0 Å². The third-order valence-electron chi connectivity index (χ3n) is 3.06. The summed E-state index contributed by atoms with van der Waals surface area (Å²) in [6.07, 6.45) is 0. The Balaban J connectivity index is 0.000000161. The minimum absolute atomic E-state index is 0.121. The number of Topliss-reactive ketones (excluding diaryl/α,β-unsaturated/α-hetero) is 1. The van der Waals surface area contributed by atoms with Crippen LogP contribution in [0.5, 0.6) is 0 Å². The van der Waals surface area contributed by atoms with Crippen LogP contribution in [-0.2, 0) is 0 Å². The number of carbonyl (C=O) groups excluding carboxylic acids is 1. The summed E-state index contributed by atoms with van der Waals surface area (Å²) in [5.41, 5.74) is 3.33. The second-order valence-corrected chi connectivity index (χ2v) is 4.65. The largest absolute Gasteiger partial charge is 0.295 e. The van der Waals surface area contributed by atoms with Crippen LogP contribution < -0.4 is 0 Å². The Morgan fingerprint density at radius 3 is 1.19 bits per heavy atom. The maximum atomic E-state index is 10.6. The third-order valence-corrected chi connectivity index (χ3v) is 3.06. The van der Waals surface area contributed by atoms with Gasteiger partial charge in [0, 0.05) is 5.56 Å². The predicted molar refractivity (Wildman–Crippen MR) is 88.3 cm³/mol. The van der Waals surface area contributed by atoms with Gasteiger partial charge in [-0.15, -0.1) is 0 Å².